The lowest BCUT2D eigenvalue weighted by Crippen LogP contribution is -2.23. The Labute approximate surface area is 110 Å². The average Bonchev–Trinajstić information content (AvgIpc) is 3.05. The highest BCUT2D eigenvalue weighted by atomic mass is 16.6. The number of carbonyl (C=O) groups excluding carboxylic acids is 1. The Hall–Kier alpha value is -2.07. The molecule has 0 N–H and O–H groups in total. The summed E-state index contributed by atoms with van der Waals surface area (Å²) in [5, 5.41) is 0. The fourth-order valence-corrected chi connectivity index (χ4v) is 2.49. The van der Waals surface area contributed by atoms with Gasteiger partial charge in [0.15, 0.2) is 0 Å². The largest absolute Gasteiger partial charge is 0.457 e. The molecule has 2 atom stereocenters. The van der Waals surface area contributed by atoms with Crippen molar-refractivity contribution in [2.24, 2.45) is 0 Å². The molecule has 2 aromatic rings. The van der Waals surface area contributed by atoms with E-state index in [0.29, 0.717) is 6.42 Å². The number of methoxy groups -OCH3 is 1. The third-order valence-electron chi connectivity index (χ3n) is 3.36. The molecule has 2 unspecified atom stereocenters. The van der Waals surface area contributed by atoms with E-state index in [9.17, 15) is 4.79 Å². The molecule has 0 radical (unpaired) electrons. The van der Waals surface area contributed by atoms with Crippen LogP contribution in [-0.4, -0.2) is 19.2 Å². The molecule has 1 aliphatic rings. The second-order valence-corrected chi connectivity index (χ2v) is 4.48. The quantitative estimate of drug-likeness (QED) is 0.794. The van der Waals surface area contributed by atoms with Crippen molar-refractivity contribution in [2.45, 2.75) is 18.6 Å². The molecule has 1 aliphatic carbocycles. The predicted molar refractivity (Wildman–Crippen MR) is 67.8 cm³/mol. The molecular formula is C15H14O4. The fourth-order valence-electron chi connectivity index (χ4n) is 2.49. The summed E-state index contributed by atoms with van der Waals surface area (Å²) in [5.74, 6) is -0.240. The lowest BCUT2D eigenvalue weighted by atomic mass is 10.1. The molecule has 0 aliphatic heterocycles. The Morgan fingerprint density at radius 3 is 2.84 bits per heavy atom. The molecule has 0 fully saturated rings. The van der Waals surface area contributed by atoms with Gasteiger partial charge in [0.1, 0.15) is 12.2 Å². The van der Waals surface area contributed by atoms with E-state index in [1.807, 2.05) is 24.3 Å². The number of ether oxygens (including phenoxy) is 2. The van der Waals surface area contributed by atoms with Crippen LogP contribution in [-0.2, 0) is 15.9 Å². The maximum Gasteiger partial charge on any atom is 0.374 e. The van der Waals surface area contributed by atoms with Crippen LogP contribution in [0.5, 0.6) is 0 Å². The molecule has 98 valence electrons. The number of hydrogen-bond donors (Lipinski definition) is 0. The van der Waals surface area contributed by atoms with Gasteiger partial charge in [-0.25, -0.2) is 4.79 Å². The molecule has 1 aromatic carbocycles. The minimum atomic E-state index is -0.454. The molecule has 4 nitrogen and oxygen atoms in total. The first-order valence-corrected chi connectivity index (χ1v) is 6.14. The van der Waals surface area contributed by atoms with Gasteiger partial charge in [-0.1, -0.05) is 24.3 Å². The van der Waals surface area contributed by atoms with Crippen LogP contribution < -0.4 is 0 Å². The van der Waals surface area contributed by atoms with Crippen molar-refractivity contribution >= 4 is 5.97 Å². The molecule has 0 spiro atoms. The molecule has 0 saturated heterocycles. The summed E-state index contributed by atoms with van der Waals surface area (Å²) in [4.78, 5) is 11.9. The predicted octanol–water partition coefficient (Wildman–Crippen LogP) is 2.75. The van der Waals surface area contributed by atoms with Crippen LogP contribution in [0.4, 0.5) is 0 Å². The van der Waals surface area contributed by atoms with Gasteiger partial charge in [0.2, 0.25) is 5.76 Å². The van der Waals surface area contributed by atoms with E-state index in [1.165, 1.54) is 6.26 Å². The Bertz CT molecular complexity index is 574. The van der Waals surface area contributed by atoms with E-state index in [0.717, 1.165) is 11.1 Å². The zero-order valence-corrected chi connectivity index (χ0v) is 10.5. The van der Waals surface area contributed by atoms with Crippen LogP contribution in [0.25, 0.3) is 0 Å². The summed E-state index contributed by atoms with van der Waals surface area (Å²) in [7, 11) is 1.63. The molecular weight excluding hydrogens is 244 g/mol. The highest BCUT2D eigenvalue weighted by molar-refractivity contribution is 5.86. The number of fused-ring (bicyclic) bond motifs is 1. The fraction of sp³-hybridized carbons (Fsp3) is 0.267. The highest BCUT2D eigenvalue weighted by Gasteiger charge is 2.35. The Balaban J connectivity index is 1.78. The zero-order valence-electron chi connectivity index (χ0n) is 10.5. The number of rotatable bonds is 3. The Kier molecular flexibility index (Phi) is 3.09. The van der Waals surface area contributed by atoms with Gasteiger partial charge in [-0.3, -0.25) is 0 Å². The monoisotopic (exact) mass is 258 g/mol. The zero-order chi connectivity index (χ0) is 13.2. The standard InChI is InChI=1S/C15H14O4/c1-17-14-11-6-3-2-5-10(11)9-13(14)19-15(16)12-7-4-8-18-12/h2-8,13-14H,9H2,1H3. The molecule has 3 rings (SSSR count). The Morgan fingerprint density at radius 2 is 2.11 bits per heavy atom. The van der Waals surface area contributed by atoms with Gasteiger partial charge in [0.25, 0.3) is 0 Å². The summed E-state index contributed by atoms with van der Waals surface area (Å²) in [6.45, 7) is 0. The molecule has 4 heteroatoms. The second-order valence-electron chi connectivity index (χ2n) is 4.48. The number of hydrogen-bond acceptors (Lipinski definition) is 4. The smallest absolute Gasteiger partial charge is 0.374 e. The van der Waals surface area contributed by atoms with E-state index in [-0.39, 0.29) is 18.0 Å². The van der Waals surface area contributed by atoms with Crippen molar-refractivity contribution in [1.82, 2.24) is 0 Å². The van der Waals surface area contributed by atoms with E-state index in [4.69, 9.17) is 13.9 Å². The first-order valence-electron chi connectivity index (χ1n) is 6.14. The normalized spacial score (nSPS) is 21.1. The number of esters is 1. The van der Waals surface area contributed by atoms with Crippen molar-refractivity contribution < 1.29 is 18.7 Å². The molecule has 1 aromatic heterocycles. The van der Waals surface area contributed by atoms with Crippen molar-refractivity contribution in [3.8, 4) is 0 Å². The van der Waals surface area contributed by atoms with E-state index in [2.05, 4.69) is 0 Å². The van der Waals surface area contributed by atoms with Gasteiger partial charge in [0.05, 0.1) is 6.26 Å². The van der Waals surface area contributed by atoms with E-state index in [1.54, 1.807) is 19.2 Å². The van der Waals surface area contributed by atoms with Crippen LogP contribution in [0.1, 0.15) is 27.8 Å². The van der Waals surface area contributed by atoms with Gasteiger partial charge in [-0.2, -0.15) is 0 Å². The van der Waals surface area contributed by atoms with Crippen LogP contribution >= 0.6 is 0 Å². The first-order chi connectivity index (χ1) is 9.29. The summed E-state index contributed by atoms with van der Waals surface area (Å²) < 4.78 is 16.0. The summed E-state index contributed by atoms with van der Waals surface area (Å²) in [5.41, 5.74) is 2.24. The topological polar surface area (TPSA) is 48.7 Å². The van der Waals surface area contributed by atoms with Gasteiger partial charge >= 0.3 is 5.97 Å². The lowest BCUT2D eigenvalue weighted by Gasteiger charge is -2.18. The van der Waals surface area contributed by atoms with Crippen molar-refractivity contribution in [3.63, 3.8) is 0 Å². The van der Waals surface area contributed by atoms with Gasteiger partial charge in [-0.15, -0.1) is 0 Å². The number of carbonyl (C=O) groups is 1. The number of furan rings is 1. The third kappa shape index (κ3) is 2.15. The minimum Gasteiger partial charge on any atom is -0.457 e. The van der Waals surface area contributed by atoms with Gasteiger partial charge in [-0.05, 0) is 23.3 Å². The summed E-state index contributed by atoms with van der Waals surface area (Å²) in [6.07, 6.45) is 1.60. The van der Waals surface area contributed by atoms with E-state index < -0.39 is 5.97 Å². The molecule has 19 heavy (non-hydrogen) atoms. The number of benzene rings is 1. The van der Waals surface area contributed by atoms with E-state index >= 15 is 0 Å². The maximum absolute atomic E-state index is 11.9. The van der Waals surface area contributed by atoms with Crippen molar-refractivity contribution in [3.05, 3.63) is 59.5 Å². The summed E-state index contributed by atoms with van der Waals surface area (Å²) in [6, 6.07) is 11.2. The lowest BCUT2D eigenvalue weighted by molar-refractivity contribution is -0.0301. The second kappa shape index (κ2) is 4.90. The van der Waals surface area contributed by atoms with Crippen LogP contribution in [0.15, 0.2) is 47.1 Å². The van der Waals surface area contributed by atoms with Crippen LogP contribution in [0, 0.1) is 0 Å². The Morgan fingerprint density at radius 1 is 1.26 bits per heavy atom. The minimum absolute atomic E-state index is 0.213. The van der Waals surface area contributed by atoms with Crippen molar-refractivity contribution in [2.75, 3.05) is 7.11 Å². The molecule has 0 bridgehead atoms. The first kappa shape index (κ1) is 12.0. The van der Waals surface area contributed by atoms with Crippen LogP contribution in [0.2, 0.25) is 0 Å². The molecule has 1 heterocycles. The summed E-state index contributed by atoms with van der Waals surface area (Å²) >= 11 is 0. The van der Waals surface area contributed by atoms with Gasteiger partial charge < -0.3 is 13.9 Å². The van der Waals surface area contributed by atoms with Gasteiger partial charge in [0, 0.05) is 13.5 Å². The SMILES string of the molecule is COC1c2ccccc2CC1OC(=O)c1ccco1. The third-order valence-corrected chi connectivity index (χ3v) is 3.36. The molecule has 0 saturated carbocycles. The molecule has 0 amide bonds. The highest BCUT2D eigenvalue weighted by Crippen LogP contribution is 2.35. The van der Waals surface area contributed by atoms with Crippen LogP contribution in [0.3, 0.4) is 0 Å². The average molecular weight is 258 g/mol. The maximum atomic E-state index is 11.9. The van der Waals surface area contributed by atoms with Crippen molar-refractivity contribution in [1.29, 1.82) is 0 Å².